The van der Waals surface area contributed by atoms with Crippen molar-refractivity contribution in [1.82, 2.24) is 0 Å². The summed E-state index contributed by atoms with van der Waals surface area (Å²) in [5.74, 6) is -1.56. The van der Waals surface area contributed by atoms with Crippen molar-refractivity contribution in [3.05, 3.63) is 71.8 Å². The van der Waals surface area contributed by atoms with E-state index < -0.39 is 36.4 Å². The van der Waals surface area contributed by atoms with E-state index in [0.717, 1.165) is 0 Å². The topological polar surface area (TPSA) is 88.1 Å². The fourth-order valence-corrected chi connectivity index (χ4v) is 2.81. The normalized spacial score (nSPS) is 21.0. The summed E-state index contributed by atoms with van der Waals surface area (Å²) in [6.45, 7) is 1.12. The third kappa shape index (κ3) is 5.17. The van der Waals surface area contributed by atoms with Crippen molar-refractivity contribution in [2.24, 2.45) is 0 Å². The predicted molar refractivity (Wildman–Crippen MR) is 97.4 cm³/mol. The fourth-order valence-electron chi connectivity index (χ4n) is 2.81. The van der Waals surface area contributed by atoms with Gasteiger partial charge < -0.3 is 18.9 Å². The van der Waals surface area contributed by atoms with Gasteiger partial charge in [-0.15, -0.1) is 0 Å². The Labute approximate surface area is 162 Å². The summed E-state index contributed by atoms with van der Waals surface area (Å²) in [7, 11) is 0. The molecule has 2 aromatic carbocycles. The van der Waals surface area contributed by atoms with Crippen molar-refractivity contribution >= 4 is 17.9 Å². The van der Waals surface area contributed by atoms with E-state index in [1.54, 1.807) is 60.7 Å². The van der Waals surface area contributed by atoms with E-state index in [-0.39, 0.29) is 13.0 Å². The molecule has 1 heterocycles. The van der Waals surface area contributed by atoms with Gasteiger partial charge in [0.15, 0.2) is 0 Å². The number of ether oxygens (including phenoxy) is 4. The molecule has 1 saturated heterocycles. The van der Waals surface area contributed by atoms with E-state index in [2.05, 4.69) is 0 Å². The molecule has 0 aliphatic carbocycles. The molecule has 28 heavy (non-hydrogen) atoms. The van der Waals surface area contributed by atoms with Crippen LogP contribution in [-0.2, 0) is 23.7 Å². The van der Waals surface area contributed by atoms with Crippen LogP contribution in [0.1, 0.15) is 34.1 Å². The van der Waals surface area contributed by atoms with E-state index in [9.17, 15) is 14.4 Å². The highest BCUT2D eigenvalue weighted by Gasteiger charge is 2.40. The Bertz CT molecular complexity index is 819. The number of carbonyl (C=O) groups is 3. The molecule has 1 fully saturated rings. The minimum atomic E-state index is -0.869. The SMILES string of the molecule is CC(=O)OC1C[C@H](OC(=O)c2ccccc2)[C@@H](COC(=O)c2ccccc2)O1. The molecule has 3 rings (SSSR count). The molecule has 0 aromatic heterocycles. The molecule has 1 aliphatic rings. The molecule has 1 aliphatic heterocycles. The van der Waals surface area contributed by atoms with Gasteiger partial charge in [-0.25, -0.2) is 9.59 Å². The highest BCUT2D eigenvalue weighted by molar-refractivity contribution is 5.90. The summed E-state index contributed by atoms with van der Waals surface area (Å²) < 4.78 is 21.5. The predicted octanol–water partition coefficient (Wildman–Crippen LogP) is 2.75. The Hall–Kier alpha value is -3.19. The van der Waals surface area contributed by atoms with Crippen LogP contribution in [0.4, 0.5) is 0 Å². The molecule has 7 nitrogen and oxygen atoms in total. The first-order chi connectivity index (χ1) is 13.5. The highest BCUT2D eigenvalue weighted by atomic mass is 16.7. The summed E-state index contributed by atoms with van der Waals surface area (Å²) in [6.07, 6.45) is -2.18. The first-order valence-corrected chi connectivity index (χ1v) is 8.84. The van der Waals surface area contributed by atoms with Crippen molar-refractivity contribution < 1.29 is 33.3 Å². The molecule has 1 unspecified atom stereocenters. The van der Waals surface area contributed by atoms with Crippen LogP contribution >= 0.6 is 0 Å². The van der Waals surface area contributed by atoms with E-state index in [1.165, 1.54) is 6.92 Å². The van der Waals surface area contributed by atoms with Gasteiger partial charge in [-0.05, 0) is 24.3 Å². The molecule has 2 aromatic rings. The molecular formula is C21H20O7. The molecule has 7 heteroatoms. The maximum Gasteiger partial charge on any atom is 0.338 e. The maximum atomic E-state index is 12.3. The number of hydrogen-bond acceptors (Lipinski definition) is 7. The lowest BCUT2D eigenvalue weighted by Crippen LogP contribution is -2.32. The van der Waals surface area contributed by atoms with Gasteiger partial charge in [-0.1, -0.05) is 36.4 Å². The van der Waals surface area contributed by atoms with E-state index in [4.69, 9.17) is 18.9 Å². The van der Waals surface area contributed by atoms with E-state index >= 15 is 0 Å². The maximum absolute atomic E-state index is 12.3. The molecule has 0 N–H and O–H groups in total. The third-order valence-corrected chi connectivity index (χ3v) is 4.12. The minimum absolute atomic E-state index is 0.141. The molecule has 0 spiro atoms. The monoisotopic (exact) mass is 384 g/mol. The molecule has 146 valence electrons. The second-order valence-electron chi connectivity index (χ2n) is 6.22. The van der Waals surface area contributed by atoms with Crippen LogP contribution in [0.3, 0.4) is 0 Å². The van der Waals surface area contributed by atoms with Crippen molar-refractivity contribution in [2.75, 3.05) is 6.61 Å². The second kappa shape index (κ2) is 9.14. The van der Waals surface area contributed by atoms with Crippen molar-refractivity contribution in [3.63, 3.8) is 0 Å². The van der Waals surface area contributed by atoms with Gasteiger partial charge in [-0.2, -0.15) is 0 Å². The van der Waals surface area contributed by atoms with Crippen LogP contribution in [0.15, 0.2) is 60.7 Å². The first kappa shape index (κ1) is 19.6. The number of rotatable bonds is 6. The number of esters is 3. The van der Waals surface area contributed by atoms with Gasteiger partial charge in [0.1, 0.15) is 18.8 Å². The molecule has 0 radical (unpaired) electrons. The standard InChI is InChI=1S/C21H20O7/c1-14(22)26-19-12-17(28-21(24)16-10-6-3-7-11-16)18(27-19)13-25-20(23)15-8-4-2-5-9-15/h2-11,17-19H,12-13H2,1H3/t17-,18+,19?/m0/s1. The molecule has 0 bridgehead atoms. The minimum Gasteiger partial charge on any atom is -0.459 e. The fraction of sp³-hybridized carbons (Fsp3) is 0.286. The Morgan fingerprint density at radius 2 is 1.46 bits per heavy atom. The van der Waals surface area contributed by atoms with Gasteiger partial charge >= 0.3 is 17.9 Å². The summed E-state index contributed by atoms with van der Waals surface area (Å²) in [6, 6.07) is 17.0. The molecule has 0 saturated carbocycles. The van der Waals surface area contributed by atoms with Crippen LogP contribution in [0, 0.1) is 0 Å². The average molecular weight is 384 g/mol. The quantitative estimate of drug-likeness (QED) is 0.559. The Balaban J connectivity index is 1.64. The number of hydrogen-bond donors (Lipinski definition) is 0. The van der Waals surface area contributed by atoms with Crippen LogP contribution in [0.25, 0.3) is 0 Å². The Kier molecular flexibility index (Phi) is 6.39. The summed E-state index contributed by atoms with van der Waals surface area (Å²) in [5.41, 5.74) is 0.785. The number of carbonyl (C=O) groups excluding carboxylic acids is 3. The van der Waals surface area contributed by atoms with Crippen molar-refractivity contribution in [3.8, 4) is 0 Å². The van der Waals surface area contributed by atoms with E-state index in [0.29, 0.717) is 11.1 Å². The van der Waals surface area contributed by atoms with Crippen LogP contribution < -0.4 is 0 Å². The highest BCUT2D eigenvalue weighted by Crippen LogP contribution is 2.26. The van der Waals surface area contributed by atoms with E-state index in [1.807, 2.05) is 0 Å². The zero-order chi connectivity index (χ0) is 19.9. The summed E-state index contributed by atoms with van der Waals surface area (Å²) in [4.78, 5) is 35.7. The summed E-state index contributed by atoms with van der Waals surface area (Å²) in [5, 5.41) is 0. The third-order valence-electron chi connectivity index (χ3n) is 4.12. The van der Waals surface area contributed by atoms with Gasteiger partial charge in [0, 0.05) is 6.92 Å². The summed E-state index contributed by atoms with van der Waals surface area (Å²) >= 11 is 0. The van der Waals surface area contributed by atoms with Gasteiger partial charge in [0.2, 0.25) is 6.29 Å². The lowest BCUT2D eigenvalue weighted by molar-refractivity contribution is -0.175. The molecule has 3 atom stereocenters. The number of benzene rings is 2. The lowest BCUT2D eigenvalue weighted by Gasteiger charge is -2.18. The second-order valence-corrected chi connectivity index (χ2v) is 6.22. The van der Waals surface area contributed by atoms with Gasteiger partial charge in [0.05, 0.1) is 17.5 Å². The van der Waals surface area contributed by atoms with Crippen LogP contribution in [0.5, 0.6) is 0 Å². The lowest BCUT2D eigenvalue weighted by atomic mass is 10.1. The molecular weight excluding hydrogens is 364 g/mol. The Morgan fingerprint density at radius 1 is 0.893 bits per heavy atom. The zero-order valence-electron chi connectivity index (χ0n) is 15.3. The van der Waals surface area contributed by atoms with Crippen molar-refractivity contribution in [2.45, 2.75) is 31.8 Å². The largest absolute Gasteiger partial charge is 0.459 e. The zero-order valence-corrected chi connectivity index (χ0v) is 15.3. The van der Waals surface area contributed by atoms with Gasteiger partial charge in [0.25, 0.3) is 0 Å². The van der Waals surface area contributed by atoms with Crippen LogP contribution in [-0.4, -0.2) is 43.0 Å². The first-order valence-electron chi connectivity index (χ1n) is 8.84. The smallest absolute Gasteiger partial charge is 0.338 e. The van der Waals surface area contributed by atoms with Crippen molar-refractivity contribution in [1.29, 1.82) is 0 Å². The van der Waals surface area contributed by atoms with Crippen LogP contribution in [0.2, 0.25) is 0 Å². The molecule has 0 amide bonds. The Morgan fingerprint density at radius 3 is 2.04 bits per heavy atom. The van der Waals surface area contributed by atoms with Gasteiger partial charge in [-0.3, -0.25) is 4.79 Å². The average Bonchev–Trinajstić information content (AvgIpc) is 3.07.